The number of hydrogen-bond acceptors (Lipinski definition) is 0. The molecule has 0 fully saturated rings. The Labute approximate surface area is 269 Å². The fraction of sp³-hybridized carbons (Fsp3) is 0.0435. The quantitative estimate of drug-likeness (QED) is 0.193. The molecule has 0 saturated carbocycles. The second kappa shape index (κ2) is 11.0. The average molecular weight is 585 g/mol. The molecule has 1 aliphatic rings. The first kappa shape index (κ1) is 26.7. The Morgan fingerprint density at radius 3 is 1.85 bits per heavy atom. The van der Waals surface area contributed by atoms with Gasteiger partial charge in [-0.1, -0.05) is 158 Å². The van der Waals surface area contributed by atoms with Gasteiger partial charge in [0.05, 0.1) is 0 Å². The molecule has 8 aromatic rings. The minimum absolute atomic E-state index is 1.03. The maximum absolute atomic E-state index is 2.40. The first-order chi connectivity index (χ1) is 22.8. The monoisotopic (exact) mass is 584 g/mol. The van der Waals surface area contributed by atoms with Crippen LogP contribution in [-0.2, 0) is 6.42 Å². The van der Waals surface area contributed by atoms with Gasteiger partial charge in [0.2, 0.25) is 0 Å². The van der Waals surface area contributed by atoms with Gasteiger partial charge in [0.15, 0.2) is 0 Å². The van der Waals surface area contributed by atoms with Crippen LogP contribution in [0.15, 0.2) is 164 Å². The molecule has 0 unspecified atom stereocenters. The molecule has 0 nitrogen and oxygen atoms in total. The minimum atomic E-state index is 1.03. The Hall–Kier alpha value is -5.72. The highest BCUT2D eigenvalue weighted by Crippen LogP contribution is 2.45. The summed E-state index contributed by atoms with van der Waals surface area (Å²) in [6.07, 6.45) is 6.81. The highest BCUT2D eigenvalue weighted by Gasteiger charge is 2.22. The topological polar surface area (TPSA) is 0 Å². The Balaban J connectivity index is 1.21. The van der Waals surface area contributed by atoms with E-state index in [1.54, 1.807) is 0 Å². The third-order valence-electron chi connectivity index (χ3n) is 9.72. The zero-order valence-corrected chi connectivity index (χ0v) is 25.6. The van der Waals surface area contributed by atoms with E-state index in [9.17, 15) is 0 Å². The van der Waals surface area contributed by atoms with Crippen LogP contribution in [0.2, 0.25) is 0 Å². The molecule has 9 rings (SSSR count). The van der Waals surface area contributed by atoms with Crippen LogP contribution in [0.1, 0.15) is 17.5 Å². The Morgan fingerprint density at radius 2 is 1.00 bits per heavy atom. The molecule has 0 amide bonds. The summed E-state index contributed by atoms with van der Waals surface area (Å²) in [5, 5.41) is 7.73. The summed E-state index contributed by atoms with van der Waals surface area (Å²) in [6.45, 7) is 0. The van der Waals surface area contributed by atoms with E-state index >= 15 is 0 Å². The predicted molar refractivity (Wildman–Crippen MR) is 198 cm³/mol. The number of fused-ring (bicyclic) bond motifs is 4. The van der Waals surface area contributed by atoms with Crippen molar-refractivity contribution in [2.75, 3.05) is 0 Å². The minimum Gasteiger partial charge on any atom is -0.0836 e. The average Bonchev–Trinajstić information content (AvgIpc) is 3.13. The molecular formula is C46H32. The molecule has 0 aliphatic heterocycles. The first-order valence-electron chi connectivity index (χ1n) is 16.2. The molecule has 0 aromatic heterocycles. The lowest BCUT2D eigenvalue weighted by atomic mass is 9.80. The molecule has 0 heteroatoms. The van der Waals surface area contributed by atoms with Gasteiger partial charge in [0, 0.05) is 0 Å². The number of rotatable bonds is 4. The molecular weight excluding hydrogens is 553 g/mol. The maximum Gasteiger partial charge on any atom is -0.00297 e. The van der Waals surface area contributed by atoms with E-state index < -0.39 is 0 Å². The van der Waals surface area contributed by atoms with Gasteiger partial charge in [-0.2, -0.15) is 0 Å². The molecule has 0 bridgehead atoms. The van der Waals surface area contributed by atoms with Crippen molar-refractivity contribution < 1.29 is 0 Å². The number of allylic oxidation sites excluding steroid dienone is 1. The zero-order chi connectivity index (χ0) is 30.5. The first-order valence-corrected chi connectivity index (χ1v) is 16.2. The third-order valence-corrected chi connectivity index (χ3v) is 9.72. The maximum atomic E-state index is 2.40. The molecule has 0 saturated heterocycles. The van der Waals surface area contributed by atoms with Crippen LogP contribution in [0, 0.1) is 0 Å². The second-order valence-electron chi connectivity index (χ2n) is 12.4. The smallest absolute Gasteiger partial charge is 0.00297 e. The van der Waals surface area contributed by atoms with Crippen LogP contribution in [0.5, 0.6) is 0 Å². The van der Waals surface area contributed by atoms with Gasteiger partial charge in [-0.05, 0) is 113 Å². The highest BCUT2D eigenvalue weighted by atomic mass is 14.3. The summed E-state index contributed by atoms with van der Waals surface area (Å²) in [5.41, 5.74) is 13.1. The van der Waals surface area contributed by atoms with Crippen LogP contribution >= 0.6 is 0 Å². The fourth-order valence-electron chi connectivity index (χ4n) is 7.54. The Kier molecular flexibility index (Phi) is 6.39. The molecule has 0 atom stereocenters. The summed E-state index contributed by atoms with van der Waals surface area (Å²) < 4.78 is 0. The predicted octanol–water partition coefficient (Wildman–Crippen LogP) is 12.8. The van der Waals surface area contributed by atoms with E-state index in [0.717, 1.165) is 12.8 Å². The van der Waals surface area contributed by atoms with Crippen LogP contribution in [0.25, 0.3) is 82.9 Å². The van der Waals surface area contributed by atoms with Gasteiger partial charge in [0.1, 0.15) is 0 Å². The molecule has 0 heterocycles. The summed E-state index contributed by atoms with van der Waals surface area (Å²) in [6, 6.07) is 58.0. The van der Waals surface area contributed by atoms with Crippen molar-refractivity contribution in [3.63, 3.8) is 0 Å². The summed E-state index contributed by atoms with van der Waals surface area (Å²) >= 11 is 0. The van der Waals surface area contributed by atoms with Crippen molar-refractivity contribution >= 4 is 38.4 Å². The van der Waals surface area contributed by atoms with E-state index in [2.05, 4.69) is 170 Å². The standard InChI is InChI=1S/C46H32/c1-2-13-35-29-36(28-25-31(35)11-1)32-23-26-34(27-24-32)45-41-18-5-7-20-43(41)46(44-21-8-6-19-42(44)45)38-16-9-15-37(30-38)40-22-10-14-33-12-3-4-17-39(33)40/h1-7,9-20,22-30H,8,21H2. The van der Waals surface area contributed by atoms with Gasteiger partial charge in [-0.15, -0.1) is 0 Å². The Bertz CT molecular complexity index is 2450. The van der Waals surface area contributed by atoms with Gasteiger partial charge >= 0.3 is 0 Å². The highest BCUT2D eigenvalue weighted by molar-refractivity contribution is 6.10. The van der Waals surface area contributed by atoms with E-state index in [0.29, 0.717) is 0 Å². The van der Waals surface area contributed by atoms with Crippen molar-refractivity contribution in [3.8, 4) is 44.5 Å². The molecule has 0 radical (unpaired) electrons. The lowest BCUT2D eigenvalue weighted by Crippen LogP contribution is -2.02. The van der Waals surface area contributed by atoms with Gasteiger partial charge in [-0.3, -0.25) is 0 Å². The van der Waals surface area contributed by atoms with Crippen molar-refractivity contribution in [1.82, 2.24) is 0 Å². The SMILES string of the molecule is C1=Cc2c(c(-c3cccc(-c4cccc5ccccc45)c3)c3ccccc3c2-c2ccc(-c3ccc4ccccc4c3)cc2)CC1. The number of benzene rings is 8. The van der Waals surface area contributed by atoms with Crippen molar-refractivity contribution in [1.29, 1.82) is 0 Å². The van der Waals surface area contributed by atoms with E-state index in [-0.39, 0.29) is 0 Å². The third kappa shape index (κ3) is 4.45. The second-order valence-corrected chi connectivity index (χ2v) is 12.4. The molecule has 8 aromatic carbocycles. The molecule has 46 heavy (non-hydrogen) atoms. The van der Waals surface area contributed by atoms with E-state index in [1.165, 1.54) is 88.0 Å². The van der Waals surface area contributed by atoms with Crippen LogP contribution in [-0.4, -0.2) is 0 Å². The normalized spacial score (nSPS) is 12.5. The van der Waals surface area contributed by atoms with Gasteiger partial charge in [0.25, 0.3) is 0 Å². The van der Waals surface area contributed by atoms with E-state index in [1.807, 2.05) is 0 Å². The number of hydrogen-bond donors (Lipinski definition) is 0. The van der Waals surface area contributed by atoms with Gasteiger partial charge < -0.3 is 0 Å². The lowest BCUT2D eigenvalue weighted by Gasteiger charge is -2.24. The molecule has 1 aliphatic carbocycles. The van der Waals surface area contributed by atoms with Crippen LogP contribution < -0.4 is 0 Å². The van der Waals surface area contributed by atoms with Crippen molar-refractivity contribution in [2.24, 2.45) is 0 Å². The summed E-state index contributed by atoms with van der Waals surface area (Å²) in [5.74, 6) is 0. The fourth-order valence-corrected chi connectivity index (χ4v) is 7.54. The molecule has 0 N–H and O–H groups in total. The van der Waals surface area contributed by atoms with Crippen LogP contribution in [0.3, 0.4) is 0 Å². The van der Waals surface area contributed by atoms with Crippen LogP contribution in [0.4, 0.5) is 0 Å². The van der Waals surface area contributed by atoms with E-state index in [4.69, 9.17) is 0 Å². The summed E-state index contributed by atoms with van der Waals surface area (Å²) in [7, 11) is 0. The van der Waals surface area contributed by atoms with Crippen molar-refractivity contribution in [3.05, 3.63) is 175 Å². The summed E-state index contributed by atoms with van der Waals surface area (Å²) in [4.78, 5) is 0. The molecule has 216 valence electrons. The largest absolute Gasteiger partial charge is 0.0836 e. The molecule has 0 spiro atoms. The van der Waals surface area contributed by atoms with Gasteiger partial charge in [-0.25, -0.2) is 0 Å². The van der Waals surface area contributed by atoms with Crippen molar-refractivity contribution in [2.45, 2.75) is 12.8 Å². The zero-order valence-electron chi connectivity index (χ0n) is 25.6. The Morgan fingerprint density at radius 1 is 0.370 bits per heavy atom. The lowest BCUT2D eigenvalue weighted by molar-refractivity contribution is 0.991.